The van der Waals surface area contributed by atoms with Gasteiger partial charge in [-0.25, -0.2) is 8.42 Å². The molecule has 16 heavy (non-hydrogen) atoms. The molecule has 0 unspecified atom stereocenters. The Morgan fingerprint density at radius 3 is 2.31 bits per heavy atom. The standard InChI is InChI=1S/C10H22N2O3S/c1-5-7-11-10(13)6-8-12(9(2)3)16(4,14)15/h9H,5-8H2,1-4H3,(H,11,13). The summed E-state index contributed by atoms with van der Waals surface area (Å²) in [6.45, 7) is 6.44. The van der Waals surface area contributed by atoms with Crippen LogP contribution in [0.2, 0.25) is 0 Å². The minimum Gasteiger partial charge on any atom is -0.356 e. The topological polar surface area (TPSA) is 66.5 Å². The lowest BCUT2D eigenvalue weighted by molar-refractivity contribution is -0.121. The minimum atomic E-state index is -3.23. The average Bonchev–Trinajstić information content (AvgIpc) is 2.12. The summed E-state index contributed by atoms with van der Waals surface area (Å²) in [5.41, 5.74) is 0. The number of amides is 1. The summed E-state index contributed by atoms with van der Waals surface area (Å²) in [5.74, 6) is -0.101. The predicted octanol–water partition coefficient (Wildman–Crippen LogP) is 0.573. The molecule has 0 rings (SSSR count). The van der Waals surface area contributed by atoms with E-state index in [1.807, 2.05) is 6.92 Å². The van der Waals surface area contributed by atoms with Crippen LogP contribution < -0.4 is 5.32 Å². The molecule has 0 aromatic heterocycles. The number of sulfonamides is 1. The zero-order chi connectivity index (χ0) is 12.8. The first kappa shape index (κ1) is 15.4. The largest absolute Gasteiger partial charge is 0.356 e. The molecule has 0 atom stereocenters. The molecule has 0 heterocycles. The molecule has 0 aliphatic carbocycles. The van der Waals surface area contributed by atoms with Gasteiger partial charge < -0.3 is 5.32 Å². The van der Waals surface area contributed by atoms with Crippen LogP contribution in [0, 0.1) is 0 Å². The maximum atomic E-state index is 11.4. The molecule has 0 saturated carbocycles. The summed E-state index contributed by atoms with van der Waals surface area (Å²) >= 11 is 0. The highest BCUT2D eigenvalue weighted by molar-refractivity contribution is 7.88. The quantitative estimate of drug-likeness (QED) is 0.718. The lowest BCUT2D eigenvalue weighted by Gasteiger charge is -2.23. The highest BCUT2D eigenvalue weighted by Gasteiger charge is 2.20. The molecule has 6 heteroatoms. The molecule has 1 amide bonds. The molecular formula is C10H22N2O3S. The summed E-state index contributed by atoms with van der Waals surface area (Å²) in [4.78, 5) is 11.3. The molecule has 96 valence electrons. The van der Waals surface area contributed by atoms with Gasteiger partial charge in [-0.3, -0.25) is 4.79 Å². The number of nitrogens with one attached hydrogen (secondary N) is 1. The molecule has 0 aliphatic rings. The van der Waals surface area contributed by atoms with Gasteiger partial charge in [0.15, 0.2) is 0 Å². The Balaban J connectivity index is 4.19. The van der Waals surface area contributed by atoms with E-state index < -0.39 is 10.0 Å². The van der Waals surface area contributed by atoms with Gasteiger partial charge in [0.25, 0.3) is 0 Å². The van der Waals surface area contributed by atoms with Gasteiger partial charge in [-0.1, -0.05) is 6.92 Å². The average molecular weight is 250 g/mol. The summed E-state index contributed by atoms with van der Waals surface area (Å²) in [6, 6.07) is -0.117. The Morgan fingerprint density at radius 1 is 1.38 bits per heavy atom. The number of carbonyl (C=O) groups excluding carboxylic acids is 1. The molecule has 0 radical (unpaired) electrons. The van der Waals surface area contributed by atoms with Crippen molar-refractivity contribution in [3.8, 4) is 0 Å². The molecule has 0 aliphatic heterocycles. The Hall–Kier alpha value is -0.620. The number of carbonyl (C=O) groups is 1. The summed E-state index contributed by atoms with van der Waals surface area (Å²) in [7, 11) is -3.23. The van der Waals surface area contributed by atoms with Crippen LogP contribution >= 0.6 is 0 Å². The first-order valence-corrected chi connectivity index (χ1v) is 7.37. The number of rotatable bonds is 7. The highest BCUT2D eigenvalue weighted by Crippen LogP contribution is 2.05. The van der Waals surface area contributed by atoms with Crippen LogP contribution in [0.4, 0.5) is 0 Å². The summed E-state index contributed by atoms with van der Waals surface area (Å²) in [5, 5.41) is 2.72. The summed E-state index contributed by atoms with van der Waals surface area (Å²) in [6.07, 6.45) is 2.26. The molecule has 1 N–H and O–H groups in total. The van der Waals surface area contributed by atoms with Gasteiger partial charge in [0.2, 0.25) is 15.9 Å². The SMILES string of the molecule is CCCNC(=O)CCN(C(C)C)S(C)(=O)=O. The third kappa shape index (κ3) is 6.07. The van der Waals surface area contributed by atoms with Crippen molar-refractivity contribution >= 4 is 15.9 Å². The van der Waals surface area contributed by atoms with Crippen molar-refractivity contribution in [1.29, 1.82) is 0 Å². The van der Waals surface area contributed by atoms with Crippen LogP contribution in [0.1, 0.15) is 33.6 Å². The van der Waals surface area contributed by atoms with E-state index in [2.05, 4.69) is 5.32 Å². The van der Waals surface area contributed by atoms with Gasteiger partial charge in [-0.2, -0.15) is 4.31 Å². The number of hydrogen-bond donors (Lipinski definition) is 1. The second-order valence-corrected chi connectivity index (χ2v) is 6.00. The molecule has 0 aromatic carbocycles. The van der Waals surface area contributed by atoms with E-state index in [-0.39, 0.29) is 24.9 Å². The first-order valence-electron chi connectivity index (χ1n) is 5.52. The second kappa shape index (κ2) is 6.85. The van der Waals surface area contributed by atoms with E-state index in [0.717, 1.165) is 12.7 Å². The van der Waals surface area contributed by atoms with E-state index in [1.165, 1.54) is 4.31 Å². The van der Waals surface area contributed by atoms with Crippen molar-refractivity contribution in [3.05, 3.63) is 0 Å². The Labute approximate surface area is 98.3 Å². The van der Waals surface area contributed by atoms with Crippen molar-refractivity contribution in [2.45, 2.75) is 39.7 Å². The second-order valence-electron chi connectivity index (χ2n) is 4.07. The zero-order valence-electron chi connectivity index (χ0n) is 10.5. The van der Waals surface area contributed by atoms with E-state index in [4.69, 9.17) is 0 Å². The van der Waals surface area contributed by atoms with Crippen molar-refractivity contribution in [2.24, 2.45) is 0 Å². The Kier molecular flexibility index (Phi) is 6.59. The van der Waals surface area contributed by atoms with E-state index in [1.54, 1.807) is 13.8 Å². The van der Waals surface area contributed by atoms with Crippen molar-refractivity contribution in [2.75, 3.05) is 19.3 Å². The first-order chi connectivity index (χ1) is 7.29. The van der Waals surface area contributed by atoms with Crippen LogP contribution in [-0.2, 0) is 14.8 Å². The predicted molar refractivity (Wildman–Crippen MR) is 64.6 cm³/mol. The molecular weight excluding hydrogens is 228 g/mol. The van der Waals surface area contributed by atoms with Crippen molar-refractivity contribution in [3.63, 3.8) is 0 Å². The maximum absolute atomic E-state index is 11.4. The lowest BCUT2D eigenvalue weighted by Crippen LogP contribution is -2.39. The van der Waals surface area contributed by atoms with Crippen molar-refractivity contribution in [1.82, 2.24) is 9.62 Å². The number of nitrogens with zero attached hydrogens (tertiary/aromatic N) is 1. The fourth-order valence-electron chi connectivity index (χ4n) is 1.37. The molecule has 0 spiro atoms. The third-order valence-corrected chi connectivity index (χ3v) is 3.59. The lowest BCUT2D eigenvalue weighted by atomic mass is 10.3. The number of hydrogen-bond acceptors (Lipinski definition) is 3. The van der Waals surface area contributed by atoms with Gasteiger partial charge in [0, 0.05) is 25.6 Å². The van der Waals surface area contributed by atoms with Crippen molar-refractivity contribution < 1.29 is 13.2 Å². The van der Waals surface area contributed by atoms with Crippen LogP contribution in [0.5, 0.6) is 0 Å². The van der Waals surface area contributed by atoms with Gasteiger partial charge in [-0.05, 0) is 20.3 Å². The van der Waals surface area contributed by atoms with E-state index in [9.17, 15) is 13.2 Å². The molecule has 0 aromatic rings. The van der Waals surface area contributed by atoms with Gasteiger partial charge in [0.1, 0.15) is 0 Å². The van der Waals surface area contributed by atoms with Crippen LogP contribution in [0.15, 0.2) is 0 Å². The highest BCUT2D eigenvalue weighted by atomic mass is 32.2. The fraction of sp³-hybridized carbons (Fsp3) is 0.900. The minimum absolute atomic E-state index is 0.101. The summed E-state index contributed by atoms with van der Waals surface area (Å²) < 4.78 is 24.1. The maximum Gasteiger partial charge on any atom is 0.221 e. The van der Waals surface area contributed by atoms with E-state index in [0.29, 0.717) is 6.54 Å². The molecule has 0 saturated heterocycles. The van der Waals surface area contributed by atoms with E-state index >= 15 is 0 Å². The molecule has 5 nitrogen and oxygen atoms in total. The smallest absolute Gasteiger partial charge is 0.221 e. The van der Waals surface area contributed by atoms with Crippen LogP contribution in [-0.4, -0.2) is 44.0 Å². The molecule has 0 fully saturated rings. The Bertz CT molecular complexity index is 312. The Morgan fingerprint density at radius 2 is 1.94 bits per heavy atom. The normalized spacial score (nSPS) is 12.1. The molecule has 0 bridgehead atoms. The van der Waals surface area contributed by atoms with Gasteiger partial charge in [-0.15, -0.1) is 0 Å². The monoisotopic (exact) mass is 250 g/mol. The third-order valence-electron chi connectivity index (χ3n) is 2.13. The van der Waals surface area contributed by atoms with Crippen LogP contribution in [0.3, 0.4) is 0 Å². The fourth-order valence-corrected chi connectivity index (χ4v) is 2.56. The van der Waals surface area contributed by atoms with Gasteiger partial charge in [0.05, 0.1) is 6.26 Å². The van der Waals surface area contributed by atoms with Gasteiger partial charge >= 0.3 is 0 Å². The van der Waals surface area contributed by atoms with Crippen LogP contribution in [0.25, 0.3) is 0 Å². The zero-order valence-corrected chi connectivity index (χ0v) is 11.3.